The van der Waals surface area contributed by atoms with Gasteiger partial charge in [-0.25, -0.2) is 0 Å². The second kappa shape index (κ2) is 13.1. The molecule has 0 fully saturated rings. The number of rotatable bonds is 6. The van der Waals surface area contributed by atoms with Crippen molar-refractivity contribution in [2.45, 2.75) is 19.3 Å². The standard InChI is InChI=1S/C55H41N3/c1-55(2)50-15-7-5-13-46(50)47-32-31-44(35-51(47)55)57(42-27-20-37(21-28-42)36-18-25-41(56)26-19-36)43-29-22-38(23-30-43)40-24-33-54-49(34-40)48-14-6-8-16-53(48)58(54)52-17-9-11-39-10-3-4-12-45(39)52/h3-35H,56H2,1-2H3. The lowest BCUT2D eigenvalue weighted by Crippen LogP contribution is -2.16. The first-order valence-electron chi connectivity index (χ1n) is 20.0. The Bertz CT molecular complexity index is 3180. The minimum atomic E-state index is -0.105. The van der Waals surface area contributed by atoms with Crippen LogP contribution in [0.2, 0.25) is 0 Å². The molecule has 1 aliphatic carbocycles. The fourth-order valence-corrected chi connectivity index (χ4v) is 9.38. The summed E-state index contributed by atoms with van der Waals surface area (Å²) in [6.07, 6.45) is 0. The number of hydrogen-bond donors (Lipinski definition) is 1. The lowest BCUT2D eigenvalue weighted by molar-refractivity contribution is 0.660. The summed E-state index contributed by atoms with van der Waals surface area (Å²) in [5, 5.41) is 4.98. The highest BCUT2D eigenvalue weighted by Gasteiger charge is 2.35. The van der Waals surface area contributed by atoms with E-state index < -0.39 is 0 Å². The Morgan fingerprint density at radius 1 is 0.414 bits per heavy atom. The van der Waals surface area contributed by atoms with Crippen molar-refractivity contribution in [3.63, 3.8) is 0 Å². The van der Waals surface area contributed by atoms with Gasteiger partial charge in [0, 0.05) is 44.3 Å². The summed E-state index contributed by atoms with van der Waals surface area (Å²) in [4.78, 5) is 2.39. The van der Waals surface area contributed by atoms with Crippen LogP contribution in [0.1, 0.15) is 25.0 Å². The molecule has 58 heavy (non-hydrogen) atoms. The maximum Gasteiger partial charge on any atom is 0.0541 e. The van der Waals surface area contributed by atoms with Crippen molar-refractivity contribution in [2.24, 2.45) is 0 Å². The molecule has 11 rings (SSSR count). The van der Waals surface area contributed by atoms with Gasteiger partial charge >= 0.3 is 0 Å². The monoisotopic (exact) mass is 743 g/mol. The van der Waals surface area contributed by atoms with Gasteiger partial charge in [0.15, 0.2) is 0 Å². The number of hydrogen-bond acceptors (Lipinski definition) is 2. The number of anilines is 4. The van der Waals surface area contributed by atoms with Crippen LogP contribution < -0.4 is 10.6 Å². The van der Waals surface area contributed by atoms with Crippen LogP contribution in [0, 0.1) is 0 Å². The molecule has 1 aromatic heterocycles. The molecule has 0 aliphatic heterocycles. The van der Waals surface area contributed by atoms with Gasteiger partial charge in [0.05, 0.1) is 16.7 Å². The number of nitrogens with two attached hydrogens (primary N) is 1. The SMILES string of the molecule is CC1(C)c2ccccc2-c2ccc(N(c3ccc(-c4ccc(N)cc4)cc3)c3ccc(-c4ccc5c(c4)c4ccccc4n5-c4cccc5ccccc45)cc3)cc21. The van der Waals surface area contributed by atoms with E-state index in [0.29, 0.717) is 0 Å². The number of benzene rings is 9. The molecule has 0 saturated heterocycles. The molecule has 0 atom stereocenters. The molecular weight excluding hydrogens is 703 g/mol. The first-order chi connectivity index (χ1) is 28.4. The summed E-state index contributed by atoms with van der Waals surface area (Å²) in [5.41, 5.74) is 23.7. The first kappa shape index (κ1) is 33.9. The molecule has 3 nitrogen and oxygen atoms in total. The van der Waals surface area contributed by atoms with Gasteiger partial charge in [-0.3, -0.25) is 0 Å². The van der Waals surface area contributed by atoms with E-state index in [9.17, 15) is 0 Å². The Balaban J connectivity index is 1.01. The van der Waals surface area contributed by atoms with Gasteiger partial charge in [-0.15, -0.1) is 0 Å². The van der Waals surface area contributed by atoms with Crippen molar-refractivity contribution in [3.05, 3.63) is 211 Å². The molecule has 0 spiro atoms. The Kier molecular flexibility index (Phi) is 7.67. The number of aromatic nitrogens is 1. The Morgan fingerprint density at radius 2 is 0.966 bits per heavy atom. The van der Waals surface area contributed by atoms with Crippen LogP contribution >= 0.6 is 0 Å². The molecule has 10 aromatic rings. The molecule has 9 aromatic carbocycles. The third-order valence-electron chi connectivity index (χ3n) is 12.3. The first-order valence-corrected chi connectivity index (χ1v) is 20.0. The van der Waals surface area contributed by atoms with Gasteiger partial charge in [-0.2, -0.15) is 0 Å². The summed E-state index contributed by atoms with van der Waals surface area (Å²) in [7, 11) is 0. The molecule has 3 heteroatoms. The van der Waals surface area contributed by atoms with Gasteiger partial charge in [0.1, 0.15) is 0 Å². The highest BCUT2D eigenvalue weighted by atomic mass is 15.1. The van der Waals surface area contributed by atoms with Gasteiger partial charge < -0.3 is 15.2 Å². The van der Waals surface area contributed by atoms with E-state index in [2.05, 4.69) is 211 Å². The summed E-state index contributed by atoms with van der Waals surface area (Å²) in [5.74, 6) is 0. The molecule has 0 unspecified atom stereocenters. The van der Waals surface area contributed by atoms with Crippen LogP contribution in [0.25, 0.3) is 71.6 Å². The fourth-order valence-electron chi connectivity index (χ4n) is 9.38. The smallest absolute Gasteiger partial charge is 0.0541 e. The zero-order valence-corrected chi connectivity index (χ0v) is 32.5. The van der Waals surface area contributed by atoms with E-state index in [0.717, 1.165) is 33.9 Å². The van der Waals surface area contributed by atoms with Crippen LogP contribution in [0.5, 0.6) is 0 Å². The normalized spacial score (nSPS) is 12.9. The molecule has 0 bridgehead atoms. The molecule has 0 amide bonds. The largest absolute Gasteiger partial charge is 0.399 e. The van der Waals surface area contributed by atoms with Crippen LogP contribution in [-0.4, -0.2) is 4.57 Å². The molecule has 0 saturated carbocycles. The highest BCUT2D eigenvalue weighted by molar-refractivity contribution is 6.11. The van der Waals surface area contributed by atoms with E-state index in [1.165, 1.54) is 71.6 Å². The van der Waals surface area contributed by atoms with Crippen LogP contribution in [0.15, 0.2) is 200 Å². The maximum absolute atomic E-state index is 6.01. The van der Waals surface area contributed by atoms with Gasteiger partial charge in [-0.05, 0) is 123 Å². The number of para-hydroxylation sites is 1. The van der Waals surface area contributed by atoms with Crippen molar-refractivity contribution in [1.29, 1.82) is 0 Å². The Hall–Kier alpha value is -7.36. The summed E-state index contributed by atoms with van der Waals surface area (Å²) < 4.78 is 2.42. The summed E-state index contributed by atoms with van der Waals surface area (Å²) >= 11 is 0. The zero-order chi connectivity index (χ0) is 39.0. The lowest BCUT2D eigenvalue weighted by atomic mass is 9.82. The van der Waals surface area contributed by atoms with Crippen molar-refractivity contribution in [3.8, 4) is 39.1 Å². The summed E-state index contributed by atoms with van der Waals surface area (Å²) in [6.45, 7) is 4.69. The second-order valence-corrected chi connectivity index (χ2v) is 16.0. The molecule has 1 heterocycles. The van der Waals surface area contributed by atoms with Crippen LogP contribution in [0.3, 0.4) is 0 Å². The number of nitrogen functional groups attached to an aromatic ring is 1. The molecule has 0 radical (unpaired) electrons. The molecule has 1 aliphatic rings. The average molecular weight is 744 g/mol. The zero-order valence-electron chi connectivity index (χ0n) is 32.5. The Morgan fingerprint density at radius 3 is 1.72 bits per heavy atom. The Labute approximate surface area is 338 Å². The molecule has 2 N–H and O–H groups in total. The summed E-state index contributed by atoms with van der Waals surface area (Å²) in [6, 6.07) is 72.8. The average Bonchev–Trinajstić information content (AvgIpc) is 3.72. The predicted molar refractivity (Wildman–Crippen MR) is 246 cm³/mol. The quantitative estimate of drug-likeness (QED) is 0.172. The van der Waals surface area contributed by atoms with Crippen LogP contribution in [-0.2, 0) is 5.41 Å². The van der Waals surface area contributed by atoms with E-state index in [-0.39, 0.29) is 5.41 Å². The maximum atomic E-state index is 6.01. The number of nitrogens with zero attached hydrogens (tertiary/aromatic N) is 2. The van der Waals surface area contributed by atoms with Crippen molar-refractivity contribution in [1.82, 2.24) is 4.57 Å². The highest BCUT2D eigenvalue weighted by Crippen LogP contribution is 2.51. The van der Waals surface area contributed by atoms with E-state index >= 15 is 0 Å². The van der Waals surface area contributed by atoms with Crippen LogP contribution in [0.4, 0.5) is 22.7 Å². The molecule has 276 valence electrons. The van der Waals surface area contributed by atoms with Gasteiger partial charge in [0.2, 0.25) is 0 Å². The molecular formula is C55H41N3. The third-order valence-corrected chi connectivity index (χ3v) is 12.3. The van der Waals surface area contributed by atoms with Crippen molar-refractivity contribution >= 4 is 55.3 Å². The lowest BCUT2D eigenvalue weighted by Gasteiger charge is -2.28. The third kappa shape index (κ3) is 5.35. The van der Waals surface area contributed by atoms with Gasteiger partial charge in [0.25, 0.3) is 0 Å². The predicted octanol–water partition coefficient (Wildman–Crippen LogP) is 14.6. The van der Waals surface area contributed by atoms with Crippen molar-refractivity contribution < 1.29 is 0 Å². The number of fused-ring (bicyclic) bond motifs is 7. The second-order valence-electron chi connectivity index (χ2n) is 16.0. The minimum absolute atomic E-state index is 0.105. The van der Waals surface area contributed by atoms with E-state index in [4.69, 9.17) is 5.73 Å². The van der Waals surface area contributed by atoms with E-state index in [1.807, 2.05) is 12.1 Å². The minimum Gasteiger partial charge on any atom is -0.399 e. The van der Waals surface area contributed by atoms with E-state index in [1.54, 1.807) is 0 Å². The van der Waals surface area contributed by atoms with Gasteiger partial charge in [-0.1, -0.05) is 141 Å². The topological polar surface area (TPSA) is 34.2 Å². The van der Waals surface area contributed by atoms with Crippen molar-refractivity contribution in [2.75, 3.05) is 10.6 Å². The fraction of sp³-hybridized carbons (Fsp3) is 0.0545.